The lowest BCUT2D eigenvalue weighted by molar-refractivity contribution is -0.167. The van der Waals surface area contributed by atoms with Crippen molar-refractivity contribution in [3.8, 4) is 0 Å². The molecule has 6 heteroatoms. The first-order valence-electron chi connectivity index (χ1n) is 26.8. The van der Waals surface area contributed by atoms with E-state index in [4.69, 9.17) is 14.2 Å². The van der Waals surface area contributed by atoms with E-state index < -0.39 is 6.10 Å². The van der Waals surface area contributed by atoms with E-state index in [1.807, 2.05) is 0 Å². The van der Waals surface area contributed by atoms with Crippen LogP contribution < -0.4 is 0 Å². The lowest BCUT2D eigenvalue weighted by Crippen LogP contribution is -2.30. The van der Waals surface area contributed by atoms with E-state index in [1.165, 1.54) is 186 Å². The first-order chi connectivity index (χ1) is 29.3. The molecule has 2 atom stereocenters. The minimum Gasteiger partial charge on any atom is -0.462 e. The van der Waals surface area contributed by atoms with Crippen LogP contribution in [0, 0.1) is 11.8 Å². The van der Waals surface area contributed by atoms with Gasteiger partial charge in [-0.2, -0.15) is 0 Å². The summed E-state index contributed by atoms with van der Waals surface area (Å²) in [5.74, 6) is 0.845. The maximum atomic E-state index is 12.8. The Bertz CT molecular complexity index is 918. The van der Waals surface area contributed by atoms with Gasteiger partial charge in [0.05, 0.1) is 0 Å². The maximum Gasteiger partial charge on any atom is 0.306 e. The predicted octanol–water partition coefficient (Wildman–Crippen LogP) is 17.3. The lowest BCUT2D eigenvalue weighted by Gasteiger charge is -2.18. The molecule has 0 fully saturated rings. The van der Waals surface area contributed by atoms with Crippen LogP contribution in [0.1, 0.15) is 298 Å². The summed E-state index contributed by atoms with van der Waals surface area (Å²) in [6, 6.07) is 0. The van der Waals surface area contributed by atoms with Gasteiger partial charge in [0, 0.05) is 19.3 Å². The zero-order valence-corrected chi connectivity index (χ0v) is 41.1. The molecule has 0 aromatic rings. The molecule has 0 spiro atoms. The number of hydrogen-bond donors (Lipinski definition) is 0. The normalized spacial score (nSPS) is 12.5. The Morgan fingerprint density at radius 3 is 0.950 bits per heavy atom. The summed E-state index contributed by atoms with van der Waals surface area (Å²) in [4.78, 5) is 38.0. The average Bonchev–Trinajstić information content (AvgIpc) is 3.23. The number of esters is 3. The third-order valence-electron chi connectivity index (χ3n) is 12.6. The van der Waals surface area contributed by atoms with Gasteiger partial charge in [0.25, 0.3) is 0 Å². The van der Waals surface area contributed by atoms with Crippen molar-refractivity contribution in [3.05, 3.63) is 0 Å². The highest BCUT2D eigenvalue weighted by atomic mass is 16.6. The Labute approximate surface area is 374 Å². The molecule has 0 saturated heterocycles. The third-order valence-corrected chi connectivity index (χ3v) is 12.6. The van der Waals surface area contributed by atoms with Crippen LogP contribution in [-0.4, -0.2) is 37.2 Å². The average molecular weight is 849 g/mol. The maximum absolute atomic E-state index is 12.8. The molecule has 0 N–H and O–H groups in total. The van der Waals surface area contributed by atoms with E-state index in [0.717, 1.165) is 69.6 Å². The summed E-state index contributed by atoms with van der Waals surface area (Å²) in [6.07, 6.45) is 48.0. The monoisotopic (exact) mass is 849 g/mol. The summed E-state index contributed by atoms with van der Waals surface area (Å²) in [7, 11) is 0. The molecule has 0 rings (SSSR count). The lowest BCUT2D eigenvalue weighted by atomic mass is 9.99. The highest BCUT2D eigenvalue weighted by Crippen LogP contribution is 2.18. The summed E-state index contributed by atoms with van der Waals surface area (Å²) in [6.45, 7) is 11.4. The number of carbonyl (C=O) groups excluding carboxylic acids is 3. The second kappa shape index (κ2) is 46.9. The largest absolute Gasteiger partial charge is 0.462 e. The molecule has 1 unspecified atom stereocenters. The Morgan fingerprint density at radius 1 is 0.350 bits per heavy atom. The van der Waals surface area contributed by atoms with Gasteiger partial charge in [-0.15, -0.1) is 0 Å². The van der Waals surface area contributed by atoms with Gasteiger partial charge in [0.15, 0.2) is 6.10 Å². The minimum atomic E-state index is -0.762. The van der Waals surface area contributed by atoms with Crippen molar-refractivity contribution in [1.29, 1.82) is 0 Å². The summed E-state index contributed by atoms with van der Waals surface area (Å²) in [5.41, 5.74) is 0. The second-order valence-corrected chi connectivity index (χ2v) is 19.2. The van der Waals surface area contributed by atoms with Gasteiger partial charge in [-0.05, 0) is 31.1 Å². The molecule has 0 bridgehead atoms. The molecular formula is C54H104O6. The quantitative estimate of drug-likeness (QED) is 0.0345. The zero-order chi connectivity index (χ0) is 44.0. The van der Waals surface area contributed by atoms with Crippen LogP contribution >= 0.6 is 0 Å². The van der Waals surface area contributed by atoms with Gasteiger partial charge >= 0.3 is 17.9 Å². The number of ether oxygens (including phenoxy) is 3. The molecular weight excluding hydrogens is 745 g/mol. The molecule has 356 valence electrons. The van der Waals surface area contributed by atoms with Crippen molar-refractivity contribution < 1.29 is 28.6 Å². The highest BCUT2D eigenvalue weighted by Gasteiger charge is 2.19. The molecule has 0 aliphatic rings. The SMILES string of the molecule is CCCCCCCCCCCCCCCC(=O)O[C@H](COC(=O)CCCCCCCCCCCCCCCCC(C)CC)COC(=O)CCCCCCCCCCC(C)C. The van der Waals surface area contributed by atoms with Gasteiger partial charge in [-0.25, -0.2) is 0 Å². The smallest absolute Gasteiger partial charge is 0.306 e. The Morgan fingerprint density at radius 2 is 0.633 bits per heavy atom. The fourth-order valence-electron chi connectivity index (χ4n) is 8.13. The molecule has 0 saturated carbocycles. The topological polar surface area (TPSA) is 78.9 Å². The minimum absolute atomic E-state index is 0.0636. The first-order valence-corrected chi connectivity index (χ1v) is 26.8. The third kappa shape index (κ3) is 45.9. The van der Waals surface area contributed by atoms with Crippen LogP contribution in [0.25, 0.3) is 0 Å². The number of rotatable bonds is 48. The number of carbonyl (C=O) groups is 3. The Kier molecular flexibility index (Phi) is 45.7. The molecule has 0 aliphatic heterocycles. The van der Waals surface area contributed by atoms with Crippen molar-refractivity contribution >= 4 is 17.9 Å². The van der Waals surface area contributed by atoms with E-state index >= 15 is 0 Å². The van der Waals surface area contributed by atoms with Crippen LogP contribution in [0.4, 0.5) is 0 Å². The predicted molar refractivity (Wildman–Crippen MR) is 256 cm³/mol. The van der Waals surface area contributed by atoms with E-state index in [1.54, 1.807) is 0 Å². The van der Waals surface area contributed by atoms with Gasteiger partial charge in [0.2, 0.25) is 0 Å². The van der Waals surface area contributed by atoms with Crippen molar-refractivity contribution in [2.75, 3.05) is 13.2 Å². The molecule has 0 heterocycles. The molecule has 0 aromatic carbocycles. The van der Waals surface area contributed by atoms with Crippen LogP contribution in [0.5, 0.6) is 0 Å². The Balaban J connectivity index is 4.27. The van der Waals surface area contributed by atoms with Crippen molar-refractivity contribution in [2.45, 2.75) is 304 Å². The van der Waals surface area contributed by atoms with Gasteiger partial charge < -0.3 is 14.2 Å². The summed E-state index contributed by atoms with van der Waals surface area (Å²) < 4.78 is 16.8. The Hall–Kier alpha value is -1.59. The summed E-state index contributed by atoms with van der Waals surface area (Å²) >= 11 is 0. The highest BCUT2D eigenvalue weighted by molar-refractivity contribution is 5.71. The van der Waals surface area contributed by atoms with Gasteiger partial charge in [-0.1, -0.05) is 259 Å². The number of unbranched alkanes of at least 4 members (excludes halogenated alkanes) is 32. The van der Waals surface area contributed by atoms with Crippen molar-refractivity contribution in [2.24, 2.45) is 11.8 Å². The molecule has 0 aromatic heterocycles. The van der Waals surface area contributed by atoms with E-state index in [9.17, 15) is 14.4 Å². The first kappa shape index (κ1) is 58.4. The molecule has 0 amide bonds. The van der Waals surface area contributed by atoms with Crippen molar-refractivity contribution in [3.63, 3.8) is 0 Å². The van der Waals surface area contributed by atoms with E-state index in [0.29, 0.717) is 19.3 Å². The molecule has 0 aliphatic carbocycles. The molecule has 6 nitrogen and oxygen atoms in total. The van der Waals surface area contributed by atoms with Crippen LogP contribution in [0.2, 0.25) is 0 Å². The second-order valence-electron chi connectivity index (χ2n) is 19.2. The van der Waals surface area contributed by atoms with E-state index in [2.05, 4.69) is 34.6 Å². The fourth-order valence-corrected chi connectivity index (χ4v) is 8.13. The molecule has 60 heavy (non-hydrogen) atoms. The van der Waals surface area contributed by atoms with E-state index in [-0.39, 0.29) is 31.1 Å². The van der Waals surface area contributed by atoms with Crippen molar-refractivity contribution in [1.82, 2.24) is 0 Å². The standard InChI is InChI=1S/C54H104O6/c1-6-8-9-10-11-12-13-16-21-24-31-36-41-46-54(57)60-51(48-59-53(56)45-40-35-30-26-25-27-32-37-42-49(3)4)47-58-52(55)44-39-34-29-23-20-18-15-14-17-19-22-28-33-38-43-50(5)7-2/h49-51H,6-48H2,1-5H3/t50?,51-/m1/s1. The van der Waals surface area contributed by atoms with Crippen LogP contribution in [0.15, 0.2) is 0 Å². The van der Waals surface area contributed by atoms with Crippen LogP contribution in [0.3, 0.4) is 0 Å². The number of hydrogen-bond acceptors (Lipinski definition) is 6. The summed E-state index contributed by atoms with van der Waals surface area (Å²) in [5, 5.41) is 0. The van der Waals surface area contributed by atoms with Gasteiger partial charge in [0.1, 0.15) is 13.2 Å². The van der Waals surface area contributed by atoms with Crippen LogP contribution in [-0.2, 0) is 28.6 Å². The van der Waals surface area contributed by atoms with Gasteiger partial charge in [-0.3, -0.25) is 14.4 Å². The zero-order valence-electron chi connectivity index (χ0n) is 41.1. The molecule has 0 radical (unpaired) electrons. The fraction of sp³-hybridized carbons (Fsp3) is 0.944.